The standard InChI is InChI=1S/C18H15ClF2N4O2/c19-11-7-14(22-9-11)18-23-17(24-27-18)10-2-1-5-25(16(26)6-10)15-4-3-12(20)8-13(15)21/h3-4,7-10,22H,1-2,5-6H2. The first-order chi connectivity index (χ1) is 13.0. The van der Waals surface area contributed by atoms with Gasteiger partial charge in [-0.05, 0) is 31.0 Å². The molecular formula is C18H15ClF2N4O2. The third kappa shape index (κ3) is 3.57. The normalized spacial score (nSPS) is 18.0. The Balaban J connectivity index is 1.54. The molecule has 6 nitrogen and oxygen atoms in total. The van der Waals surface area contributed by atoms with E-state index in [2.05, 4.69) is 15.1 Å². The van der Waals surface area contributed by atoms with Crippen LogP contribution >= 0.6 is 11.6 Å². The minimum Gasteiger partial charge on any atom is -0.356 e. The zero-order valence-electron chi connectivity index (χ0n) is 14.1. The summed E-state index contributed by atoms with van der Waals surface area (Å²) in [6, 6.07) is 4.86. The molecule has 27 heavy (non-hydrogen) atoms. The van der Waals surface area contributed by atoms with E-state index in [1.807, 2.05) is 0 Å². The van der Waals surface area contributed by atoms with E-state index in [4.69, 9.17) is 16.1 Å². The summed E-state index contributed by atoms with van der Waals surface area (Å²) in [5.41, 5.74) is 0.672. The maximum atomic E-state index is 14.1. The Hall–Kier alpha value is -2.74. The second-order valence-electron chi connectivity index (χ2n) is 6.37. The number of nitrogens with one attached hydrogen (secondary N) is 1. The number of aromatic amines is 1. The monoisotopic (exact) mass is 392 g/mol. The van der Waals surface area contributed by atoms with Gasteiger partial charge >= 0.3 is 0 Å². The number of halogens is 3. The molecule has 3 heterocycles. The highest BCUT2D eigenvalue weighted by molar-refractivity contribution is 6.30. The van der Waals surface area contributed by atoms with Gasteiger partial charge in [-0.25, -0.2) is 8.78 Å². The molecule has 140 valence electrons. The number of aromatic nitrogens is 3. The van der Waals surface area contributed by atoms with Gasteiger partial charge in [0.05, 0.1) is 10.7 Å². The summed E-state index contributed by atoms with van der Waals surface area (Å²) in [6.45, 7) is 0.342. The van der Waals surface area contributed by atoms with E-state index in [1.54, 1.807) is 12.3 Å². The van der Waals surface area contributed by atoms with Crippen molar-refractivity contribution in [2.45, 2.75) is 25.2 Å². The average Bonchev–Trinajstić information content (AvgIpc) is 3.23. The van der Waals surface area contributed by atoms with Crippen LogP contribution in [0, 0.1) is 11.6 Å². The number of hydrogen-bond donors (Lipinski definition) is 1. The first kappa shape index (κ1) is 17.7. The number of amides is 1. The smallest absolute Gasteiger partial charge is 0.274 e. The van der Waals surface area contributed by atoms with E-state index < -0.39 is 11.6 Å². The molecule has 0 spiro atoms. The van der Waals surface area contributed by atoms with Crippen LogP contribution in [-0.2, 0) is 4.79 Å². The molecule has 1 atom stereocenters. The zero-order valence-corrected chi connectivity index (χ0v) is 14.8. The van der Waals surface area contributed by atoms with Gasteiger partial charge in [-0.3, -0.25) is 4.79 Å². The van der Waals surface area contributed by atoms with E-state index >= 15 is 0 Å². The quantitative estimate of drug-likeness (QED) is 0.721. The summed E-state index contributed by atoms with van der Waals surface area (Å²) >= 11 is 5.88. The molecule has 1 aliphatic heterocycles. The minimum atomic E-state index is -0.757. The molecule has 0 aliphatic carbocycles. The highest BCUT2D eigenvalue weighted by atomic mass is 35.5. The predicted octanol–water partition coefficient (Wildman–Crippen LogP) is 4.30. The molecule has 1 saturated heterocycles. The van der Waals surface area contributed by atoms with Gasteiger partial charge in [-0.2, -0.15) is 4.98 Å². The molecule has 1 N–H and O–H groups in total. The van der Waals surface area contributed by atoms with Crippen molar-refractivity contribution in [3.63, 3.8) is 0 Å². The van der Waals surface area contributed by atoms with Crippen molar-refractivity contribution >= 4 is 23.2 Å². The van der Waals surface area contributed by atoms with Crippen LogP contribution in [0.2, 0.25) is 5.02 Å². The Kier molecular flexibility index (Phi) is 4.65. The average molecular weight is 393 g/mol. The third-order valence-corrected chi connectivity index (χ3v) is 4.76. The molecule has 0 saturated carbocycles. The first-order valence-electron chi connectivity index (χ1n) is 8.44. The minimum absolute atomic E-state index is 0.0804. The molecule has 1 unspecified atom stereocenters. The highest BCUT2D eigenvalue weighted by Crippen LogP contribution is 2.31. The predicted molar refractivity (Wildman–Crippen MR) is 94.4 cm³/mol. The van der Waals surface area contributed by atoms with Gasteiger partial charge in [-0.15, -0.1) is 0 Å². The summed E-state index contributed by atoms with van der Waals surface area (Å²) in [5.74, 6) is -1.24. The third-order valence-electron chi connectivity index (χ3n) is 4.54. The number of carbonyl (C=O) groups excluding carboxylic acids is 1. The van der Waals surface area contributed by atoms with Gasteiger partial charge in [0.25, 0.3) is 5.89 Å². The van der Waals surface area contributed by atoms with Gasteiger partial charge < -0.3 is 14.4 Å². The van der Waals surface area contributed by atoms with Crippen LogP contribution in [0.15, 0.2) is 35.0 Å². The number of nitrogens with zero attached hydrogens (tertiary/aromatic N) is 3. The Labute approximate surface area is 158 Å². The summed E-state index contributed by atoms with van der Waals surface area (Å²) in [7, 11) is 0. The van der Waals surface area contributed by atoms with Crippen molar-refractivity contribution < 1.29 is 18.1 Å². The fourth-order valence-corrected chi connectivity index (χ4v) is 3.38. The molecule has 2 aromatic heterocycles. The highest BCUT2D eigenvalue weighted by Gasteiger charge is 2.30. The summed E-state index contributed by atoms with van der Waals surface area (Å²) in [5, 5.41) is 4.50. The molecule has 1 amide bonds. The van der Waals surface area contributed by atoms with Crippen LogP contribution in [0.25, 0.3) is 11.6 Å². The zero-order chi connectivity index (χ0) is 19.0. The Morgan fingerprint density at radius 3 is 2.89 bits per heavy atom. The van der Waals surface area contributed by atoms with Crippen molar-refractivity contribution in [1.29, 1.82) is 0 Å². The number of anilines is 1. The fourth-order valence-electron chi connectivity index (χ4n) is 3.22. The number of hydrogen-bond acceptors (Lipinski definition) is 4. The van der Waals surface area contributed by atoms with Crippen molar-refractivity contribution in [2.75, 3.05) is 11.4 Å². The maximum absolute atomic E-state index is 14.1. The van der Waals surface area contributed by atoms with E-state index in [0.29, 0.717) is 35.9 Å². The maximum Gasteiger partial charge on any atom is 0.274 e. The van der Waals surface area contributed by atoms with Gasteiger partial charge in [0.15, 0.2) is 5.82 Å². The van der Waals surface area contributed by atoms with Crippen LogP contribution in [0.3, 0.4) is 0 Å². The van der Waals surface area contributed by atoms with E-state index in [1.165, 1.54) is 11.0 Å². The van der Waals surface area contributed by atoms with Gasteiger partial charge in [0.1, 0.15) is 17.3 Å². The van der Waals surface area contributed by atoms with E-state index in [-0.39, 0.29) is 29.8 Å². The molecule has 4 rings (SSSR count). The van der Waals surface area contributed by atoms with Crippen LogP contribution in [0.4, 0.5) is 14.5 Å². The first-order valence-corrected chi connectivity index (χ1v) is 8.82. The summed E-state index contributed by atoms with van der Waals surface area (Å²) in [4.78, 5) is 21.3. The number of H-pyrrole nitrogens is 1. The van der Waals surface area contributed by atoms with Gasteiger partial charge in [-0.1, -0.05) is 16.8 Å². The lowest BCUT2D eigenvalue weighted by molar-refractivity contribution is -0.118. The molecule has 1 aromatic carbocycles. The lowest BCUT2D eigenvalue weighted by Crippen LogP contribution is -2.31. The van der Waals surface area contributed by atoms with Crippen molar-refractivity contribution in [1.82, 2.24) is 15.1 Å². The Morgan fingerprint density at radius 1 is 1.30 bits per heavy atom. The van der Waals surface area contributed by atoms with Crippen molar-refractivity contribution in [2.24, 2.45) is 0 Å². The largest absolute Gasteiger partial charge is 0.356 e. The van der Waals surface area contributed by atoms with Crippen molar-refractivity contribution in [3.05, 3.63) is 52.9 Å². The Morgan fingerprint density at radius 2 is 2.15 bits per heavy atom. The summed E-state index contributed by atoms with van der Waals surface area (Å²) < 4.78 is 32.5. The lowest BCUT2D eigenvalue weighted by Gasteiger charge is -2.21. The van der Waals surface area contributed by atoms with Crippen LogP contribution in [0.5, 0.6) is 0 Å². The molecule has 0 radical (unpaired) electrons. The number of benzene rings is 1. The Bertz CT molecular complexity index is 987. The van der Waals surface area contributed by atoms with Crippen LogP contribution in [0.1, 0.15) is 31.0 Å². The van der Waals surface area contributed by atoms with Gasteiger partial charge in [0, 0.05) is 31.1 Å². The number of carbonyl (C=O) groups is 1. The van der Waals surface area contributed by atoms with Gasteiger partial charge in [0.2, 0.25) is 5.91 Å². The van der Waals surface area contributed by atoms with Crippen molar-refractivity contribution in [3.8, 4) is 11.6 Å². The molecule has 3 aromatic rings. The fraction of sp³-hybridized carbons (Fsp3) is 0.278. The molecule has 1 fully saturated rings. The SMILES string of the molecule is O=C1CC(c2noc(-c3cc(Cl)c[nH]3)n2)CCCN1c1ccc(F)cc1F. The molecule has 1 aliphatic rings. The van der Waals surface area contributed by atoms with E-state index in [0.717, 1.165) is 12.1 Å². The van der Waals surface area contributed by atoms with E-state index in [9.17, 15) is 13.6 Å². The molecule has 0 bridgehead atoms. The molecule has 9 heteroatoms. The summed E-state index contributed by atoms with van der Waals surface area (Å²) in [6.07, 6.45) is 2.99. The second-order valence-corrected chi connectivity index (χ2v) is 6.81. The number of rotatable bonds is 3. The van der Waals surface area contributed by atoms with Crippen LogP contribution in [-0.4, -0.2) is 27.6 Å². The topological polar surface area (TPSA) is 75.0 Å². The molecular weight excluding hydrogens is 378 g/mol. The lowest BCUT2D eigenvalue weighted by atomic mass is 10.00. The van der Waals surface area contributed by atoms with Crippen LogP contribution < -0.4 is 4.90 Å². The second kappa shape index (κ2) is 7.11.